The predicted molar refractivity (Wildman–Crippen MR) is 8.54 cm³/mol. The minimum Gasteiger partial charge on any atom is 0 e. The molecule has 4 heavy (non-hydrogen) atoms. The molecule has 0 aromatic rings. The normalized spacial score (nSPS) is 0. The third kappa shape index (κ3) is 9.11. The number of hydrogen-bond acceptors (Lipinski definition) is 0. The van der Waals surface area contributed by atoms with E-state index in [0.717, 1.165) is 0 Å². The molecular formula is H2BaFeNbTi. The summed E-state index contributed by atoms with van der Waals surface area (Å²) in [5, 5.41) is 0. The Kier molecular flexibility index (Phi) is 103. The first-order chi connectivity index (χ1) is 0. The average molecular weight is 336 g/mol. The van der Waals surface area contributed by atoms with Crippen molar-refractivity contribution in [3.8, 4) is 0 Å². The molecule has 0 nitrogen and oxygen atoms in total. The van der Waals surface area contributed by atoms with Crippen LogP contribution in [0.1, 0.15) is 0 Å². The van der Waals surface area contributed by atoms with Gasteiger partial charge >= 0.3 is 48.9 Å². The fraction of sp³-hybridized carbons (Fsp3) is 0. The van der Waals surface area contributed by atoms with Crippen LogP contribution in [-0.2, 0) is 61.2 Å². The van der Waals surface area contributed by atoms with Crippen LogP contribution in [0.3, 0.4) is 0 Å². The van der Waals surface area contributed by atoms with Crippen LogP contribution in [0.2, 0.25) is 0 Å². The Morgan fingerprint density at radius 1 is 1.00 bits per heavy atom. The smallest absolute Gasteiger partial charge is 0 e. The molecule has 4 heteroatoms. The van der Waals surface area contributed by atoms with Crippen molar-refractivity contribution in [1.29, 1.82) is 0 Å². The molecule has 0 saturated heterocycles. The molecule has 0 unspecified atom stereocenters. The van der Waals surface area contributed by atoms with E-state index < -0.39 is 0 Å². The summed E-state index contributed by atoms with van der Waals surface area (Å²) in [6.07, 6.45) is 0. The van der Waals surface area contributed by atoms with Gasteiger partial charge in [0.2, 0.25) is 0 Å². The quantitative estimate of drug-likeness (QED) is 0.502. The minimum absolute atomic E-state index is 0. The molecule has 0 amide bonds. The molecular weight excluding hydrogens is 334 g/mol. The van der Waals surface area contributed by atoms with Crippen molar-refractivity contribution in [2.75, 3.05) is 0 Å². The van der Waals surface area contributed by atoms with Crippen molar-refractivity contribution in [3.05, 3.63) is 0 Å². The van der Waals surface area contributed by atoms with Gasteiger partial charge in [-0.25, -0.2) is 0 Å². The number of rotatable bonds is 0. The summed E-state index contributed by atoms with van der Waals surface area (Å²) < 4.78 is 0. The molecule has 0 N–H and O–H groups in total. The molecule has 0 spiro atoms. The Bertz CT molecular complexity index is 8.00. The second-order valence-corrected chi connectivity index (χ2v) is 0. The zero-order valence-corrected chi connectivity index (χ0v) is 6.17. The van der Waals surface area contributed by atoms with E-state index in [1.807, 2.05) is 0 Å². The van der Waals surface area contributed by atoms with Gasteiger partial charge in [0, 0.05) is 61.2 Å². The van der Waals surface area contributed by atoms with E-state index in [-0.39, 0.29) is 110 Å². The zero-order chi connectivity index (χ0) is 0. The minimum atomic E-state index is 0. The summed E-state index contributed by atoms with van der Waals surface area (Å²) in [5.74, 6) is 0. The molecule has 0 saturated carbocycles. The van der Waals surface area contributed by atoms with Crippen LogP contribution in [-0.4, -0.2) is 48.9 Å². The first-order valence-electron chi connectivity index (χ1n) is 0. The Morgan fingerprint density at radius 2 is 1.00 bits per heavy atom. The predicted octanol–water partition coefficient (Wildman–Crippen LogP) is -0.924. The van der Waals surface area contributed by atoms with Gasteiger partial charge < -0.3 is 0 Å². The summed E-state index contributed by atoms with van der Waals surface area (Å²) in [4.78, 5) is 0. The summed E-state index contributed by atoms with van der Waals surface area (Å²) in [7, 11) is 0. The van der Waals surface area contributed by atoms with Crippen LogP contribution >= 0.6 is 0 Å². The second-order valence-electron chi connectivity index (χ2n) is 0. The van der Waals surface area contributed by atoms with Crippen LogP contribution in [0.15, 0.2) is 0 Å². The molecule has 0 fully saturated rings. The summed E-state index contributed by atoms with van der Waals surface area (Å²) >= 11 is 0. The van der Waals surface area contributed by atoms with Gasteiger partial charge in [-0.1, -0.05) is 0 Å². The second kappa shape index (κ2) is 16.0. The van der Waals surface area contributed by atoms with Crippen molar-refractivity contribution in [2.24, 2.45) is 0 Å². The van der Waals surface area contributed by atoms with Gasteiger partial charge in [0.25, 0.3) is 0 Å². The third-order valence-electron chi connectivity index (χ3n) is 0. The van der Waals surface area contributed by atoms with Gasteiger partial charge in [-0.15, -0.1) is 0 Å². The molecule has 0 aliphatic rings. The molecule has 0 heterocycles. The van der Waals surface area contributed by atoms with Crippen molar-refractivity contribution < 1.29 is 61.2 Å². The first kappa shape index (κ1) is 25.7. The molecule has 0 aromatic carbocycles. The Balaban J connectivity index is 0. The van der Waals surface area contributed by atoms with E-state index in [2.05, 4.69) is 0 Å². The van der Waals surface area contributed by atoms with Gasteiger partial charge in [-0.2, -0.15) is 0 Å². The van der Waals surface area contributed by atoms with Gasteiger partial charge in [0.1, 0.15) is 0 Å². The van der Waals surface area contributed by atoms with Crippen LogP contribution in [0.25, 0.3) is 0 Å². The molecule has 0 atom stereocenters. The van der Waals surface area contributed by atoms with Crippen molar-refractivity contribution >= 4 is 48.9 Å². The summed E-state index contributed by atoms with van der Waals surface area (Å²) in [5.41, 5.74) is 0. The molecule has 0 aliphatic heterocycles. The van der Waals surface area contributed by atoms with Gasteiger partial charge in [-0.3, -0.25) is 0 Å². The SMILES string of the molecule is [BaH2].[Fe].[Nb].[Ti]. The van der Waals surface area contributed by atoms with Gasteiger partial charge in [-0.05, 0) is 0 Å². The van der Waals surface area contributed by atoms with Gasteiger partial charge in [0.05, 0.1) is 0 Å². The maximum Gasteiger partial charge on any atom is 0 e. The summed E-state index contributed by atoms with van der Waals surface area (Å²) in [6.45, 7) is 0. The largest absolute Gasteiger partial charge is 0 e. The number of hydrogen-bond donors (Lipinski definition) is 0. The maximum atomic E-state index is 0. The third-order valence-corrected chi connectivity index (χ3v) is 0. The van der Waals surface area contributed by atoms with E-state index in [0.29, 0.717) is 0 Å². The molecule has 1 radical (unpaired) electrons. The fourth-order valence-corrected chi connectivity index (χ4v) is 0. The van der Waals surface area contributed by atoms with E-state index >= 15 is 0 Å². The summed E-state index contributed by atoms with van der Waals surface area (Å²) in [6, 6.07) is 0. The topological polar surface area (TPSA) is 0 Å². The Hall–Kier alpha value is 3.55. The zero-order valence-electron chi connectivity index (χ0n) is 1.30. The van der Waals surface area contributed by atoms with E-state index in [9.17, 15) is 0 Å². The fourth-order valence-electron chi connectivity index (χ4n) is 0. The van der Waals surface area contributed by atoms with Crippen LogP contribution < -0.4 is 0 Å². The van der Waals surface area contributed by atoms with Crippen LogP contribution in [0, 0.1) is 0 Å². The van der Waals surface area contributed by atoms with E-state index in [1.54, 1.807) is 0 Å². The van der Waals surface area contributed by atoms with E-state index in [4.69, 9.17) is 0 Å². The molecule has 0 bridgehead atoms. The Labute approximate surface area is 107 Å². The maximum absolute atomic E-state index is 0. The molecule has 0 aliphatic carbocycles. The average Bonchev–Trinajstić information content (AvgIpc) is 0. The van der Waals surface area contributed by atoms with Crippen molar-refractivity contribution in [1.82, 2.24) is 0 Å². The van der Waals surface area contributed by atoms with E-state index in [1.165, 1.54) is 0 Å². The molecule has 0 aromatic heterocycles. The molecule has 21 valence electrons. The monoisotopic (exact) mass is 337 g/mol. The standard InChI is InChI=1S/Ba.Fe.Nb.Ti.2H. The first-order valence-corrected chi connectivity index (χ1v) is 0. The van der Waals surface area contributed by atoms with Crippen molar-refractivity contribution in [3.63, 3.8) is 0 Å². The van der Waals surface area contributed by atoms with Crippen molar-refractivity contribution in [2.45, 2.75) is 0 Å². The van der Waals surface area contributed by atoms with Crippen LogP contribution in [0.5, 0.6) is 0 Å². The van der Waals surface area contributed by atoms with Crippen LogP contribution in [0.4, 0.5) is 0 Å². The molecule has 0 rings (SSSR count). The van der Waals surface area contributed by atoms with Gasteiger partial charge in [0.15, 0.2) is 0 Å². The Morgan fingerprint density at radius 3 is 1.00 bits per heavy atom.